The van der Waals surface area contributed by atoms with Crippen molar-refractivity contribution in [3.05, 3.63) is 108 Å². The molecule has 1 aliphatic heterocycles. The van der Waals surface area contributed by atoms with E-state index in [1.165, 1.54) is 11.1 Å². The lowest BCUT2D eigenvalue weighted by Crippen LogP contribution is -2.30. The van der Waals surface area contributed by atoms with Crippen molar-refractivity contribution in [3.63, 3.8) is 0 Å². The summed E-state index contributed by atoms with van der Waals surface area (Å²) < 4.78 is 2.22. The predicted octanol–water partition coefficient (Wildman–Crippen LogP) is 5.37. The minimum atomic E-state index is -0.127. The third kappa shape index (κ3) is 3.52. The fourth-order valence-electron chi connectivity index (χ4n) is 4.29. The number of hydrogen-bond donors (Lipinski definition) is 2. The van der Waals surface area contributed by atoms with Crippen LogP contribution in [0.1, 0.15) is 34.6 Å². The Morgan fingerprint density at radius 3 is 2.41 bits per heavy atom. The molecule has 2 aromatic carbocycles. The molecule has 5 rings (SSSR count). The first kappa shape index (κ1) is 20.3. The average Bonchev–Trinajstić information content (AvgIpc) is 3.41. The van der Waals surface area contributed by atoms with E-state index in [1.54, 1.807) is 12.1 Å². The number of hydrogen-bond acceptors (Lipinski definition) is 3. The number of aromatic hydroxyl groups is 1. The van der Waals surface area contributed by atoms with Crippen molar-refractivity contribution in [2.75, 3.05) is 4.90 Å². The summed E-state index contributed by atoms with van der Waals surface area (Å²) >= 11 is 5.80. The minimum Gasteiger partial charge on any atom is -0.508 e. The second-order valence-corrected chi connectivity index (χ2v) is 8.47. The van der Waals surface area contributed by atoms with E-state index in [9.17, 15) is 5.11 Å². The van der Waals surface area contributed by atoms with Crippen molar-refractivity contribution in [2.24, 2.45) is 0 Å². The standard InChI is InChI=1S/C26H24N4OS/c1-17-8-9-20(16-18(17)2)29-15-5-7-23(29)25-24(22-6-3-4-14-27-22)28-26(32)30(25)19-10-12-21(31)13-11-19/h3-16,24-25,31H,1-2H3,(H,28,32)/t24-,25-/m1/s1. The maximum absolute atomic E-state index is 9.81. The Labute approximate surface area is 193 Å². The number of aromatic nitrogens is 2. The van der Waals surface area contributed by atoms with Gasteiger partial charge in [0, 0.05) is 29.5 Å². The molecule has 2 N–H and O–H groups in total. The molecule has 5 nitrogen and oxygen atoms in total. The zero-order chi connectivity index (χ0) is 22.2. The molecule has 0 saturated carbocycles. The fraction of sp³-hybridized carbons (Fsp3) is 0.154. The number of benzene rings is 2. The first-order chi connectivity index (χ1) is 15.5. The second-order valence-electron chi connectivity index (χ2n) is 8.08. The molecule has 0 aliphatic carbocycles. The molecule has 0 radical (unpaired) electrons. The monoisotopic (exact) mass is 440 g/mol. The Kier molecular flexibility index (Phi) is 5.15. The highest BCUT2D eigenvalue weighted by Gasteiger charge is 2.42. The Balaban J connectivity index is 1.67. The summed E-state index contributed by atoms with van der Waals surface area (Å²) in [6.07, 6.45) is 3.90. The van der Waals surface area contributed by atoms with Gasteiger partial charge in [-0.2, -0.15) is 0 Å². The molecule has 3 heterocycles. The van der Waals surface area contributed by atoms with Crippen LogP contribution in [-0.2, 0) is 0 Å². The summed E-state index contributed by atoms with van der Waals surface area (Å²) in [5, 5.41) is 13.9. The number of aryl methyl sites for hydroxylation is 2. The Bertz CT molecular complexity index is 1270. The van der Waals surface area contributed by atoms with Crippen LogP contribution in [0.3, 0.4) is 0 Å². The quantitative estimate of drug-likeness (QED) is 0.418. The highest BCUT2D eigenvalue weighted by molar-refractivity contribution is 7.80. The van der Waals surface area contributed by atoms with Gasteiger partial charge in [-0.25, -0.2) is 0 Å². The van der Waals surface area contributed by atoms with Gasteiger partial charge < -0.3 is 19.9 Å². The SMILES string of the molecule is Cc1ccc(-n2cccc2[C@@H]2[C@@H](c3ccccn3)NC(=S)N2c2ccc(O)cc2)cc1C. The largest absolute Gasteiger partial charge is 0.508 e. The van der Waals surface area contributed by atoms with Gasteiger partial charge in [0.2, 0.25) is 0 Å². The van der Waals surface area contributed by atoms with Gasteiger partial charge in [0.15, 0.2) is 5.11 Å². The molecule has 0 unspecified atom stereocenters. The Morgan fingerprint density at radius 2 is 1.69 bits per heavy atom. The van der Waals surface area contributed by atoms with Crippen LogP contribution >= 0.6 is 12.2 Å². The normalized spacial score (nSPS) is 18.1. The van der Waals surface area contributed by atoms with Gasteiger partial charge in [-0.15, -0.1) is 0 Å². The smallest absolute Gasteiger partial charge is 0.174 e. The van der Waals surface area contributed by atoms with Gasteiger partial charge in [0.25, 0.3) is 0 Å². The zero-order valence-corrected chi connectivity index (χ0v) is 18.8. The van der Waals surface area contributed by atoms with Crippen molar-refractivity contribution in [1.82, 2.24) is 14.9 Å². The van der Waals surface area contributed by atoms with Crippen LogP contribution < -0.4 is 10.2 Å². The summed E-state index contributed by atoms with van der Waals surface area (Å²) in [6.45, 7) is 4.26. The van der Waals surface area contributed by atoms with Crippen LogP contribution in [0.5, 0.6) is 5.75 Å². The number of nitrogens with one attached hydrogen (secondary N) is 1. The van der Waals surface area contributed by atoms with Crippen molar-refractivity contribution in [2.45, 2.75) is 25.9 Å². The van der Waals surface area contributed by atoms with Crippen molar-refractivity contribution in [3.8, 4) is 11.4 Å². The first-order valence-corrected chi connectivity index (χ1v) is 11.0. The number of thiocarbonyl (C=S) groups is 1. The molecule has 2 aromatic heterocycles. The van der Waals surface area contributed by atoms with Gasteiger partial charge in [-0.1, -0.05) is 12.1 Å². The average molecular weight is 441 g/mol. The molecule has 4 aromatic rings. The summed E-state index contributed by atoms with van der Waals surface area (Å²) in [6, 6.07) is 23.5. The molecule has 32 heavy (non-hydrogen) atoms. The summed E-state index contributed by atoms with van der Waals surface area (Å²) in [5.41, 5.74) is 6.56. The Morgan fingerprint density at radius 1 is 0.906 bits per heavy atom. The number of nitrogens with zero attached hydrogens (tertiary/aromatic N) is 3. The molecule has 0 spiro atoms. The number of phenolic OH excluding ortho intramolecular Hbond substituents is 1. The molecular formula is C26H24N4OS. The van der Waals surface area contributed by atoms with E-state index < -0.39 is 0 Å². The first-order valence-electron chi connectivity index (χ1n) is 10.6. The van der Waals surface area contributed by atoms with Crippen LogP contribution in [0.2, 0.25) is 0 Å². The van der Waals surface area contributed by atoms with Gasteiger partial charge in [0.05, 0.1) is 11.7 Å². The summed E-state index contributed by atoms with van der Waals surface area (Å²) in [4.78, 5) is 6.74. The van der Waals surface area contributed by atoms with E-state index in [2.05, 4.69) is 70.1 Å². The van der Waals surface area contributed by atoms with Crippen LogP contribution in [0.15, 0.2) is 85.2 Å². The highest BCUT2D eigenvalue weighted by atomic mass is 32.1. The van der Waals surface area contributed by atoms with Crippen LogP contribution in [-0.4, -0.2) is 19.8 Å². The highest BCUT2D eigenvalue weighted by Crippen LogP contribution is 2.42. The van der Waals surface area contributed by atoms with Crippen LogP contribution in [0.25, 0.3) is 5.69 Å². The molecular weight excluding hydrogens is 416 g/mol. The number of anilines is 1. The molecule has 1 aliphatic rings. The third-order valence-electron chi connectivity index (χ3n) is 6.08. The topological polar surface area (TPSA) is 53.3 Å². The molecule has 160 valence electrons. The molecule has 6 heteroatoms. The summed E-state index contributed by atoms with van der Waals surface area (Å²) in [5.74, 6) is 0.225. The van der Waals surface area contributed by atoms with Crippen molar-refractivity contribution in [1.29, 1.82) is 0 Å². The van der Waals surface area contributed by atoms with E-state index in [0.717, 1.165) is 22.8 Å². The van der Waals surface area contributed by atoms with Gasteiger partial charge in [-0.3, -0.25) is 4.98 Å². The van der Waals surface area contributed by atoms with Gasteiger partial charge >= 0.3 is 0 Å². The van der Waals surface area contributed by atoms with E-state index in [1.807, 2.05) is 36.5 Å². The maximum atomic E-state index is 9.81. The molecule has 1 fully saturated rings. The maximum Gasteiger partial charge on any atom is 0.174 e. The lowest BCUT2D eigenvalue weighted by Gasteiger charge is -2.29. The number of rotatable bonds is 4. The van der Waals surface area contributed by atoms with Gasteiger partial charge in [-0.05, 0) is 97.9 Å². The molecule has 0 bridgehead atoms. The van der Waals surface area contributed by atoms with E-state index in [0.29, 0.717) is 5.11 Å². The Hall–Kier alpha value is -3.64. The molecule has 0 amide bonds. The predicted molar refractivity (Wildman–Crippen MR) is 131 cm³/mol. The molecule has 2 atom stereocenters. The van der Waals surface area contributed by atoms with Gasteiger partial charge in [0.1, 0.15) is 11.8 Å². The lowest BCUT2D eigenvalue weighted by molar-refractivity contribution is 0.475. The number of pyridine rings is 1. The van der Waals surface area contributed by atoms with Crippen LogP contribution in [0, 0.1) is 13.8 Å². The lowest BCUT2D eigenvalue weighted by atomic mass is 10.0. The minimum absolute atomic E-state index is 0.126. The van der Waals surface area contributed by atoms with Crippen molar-refractivity contribution < 1.29 is 5.11 Å². The third-order valence-corrected chi connectivity index (χ3v) is 6.39. The van der Waals surface area contributed by atoms with E-state index >= 15 is 0 Å². The van der Waals surface area contributed by atoms with Crippen LogP contribution in [0.4, 0.5) is 5.69 Å². The fourth-order valence-corrected chi connectivity index (χ4v) is 4.64. The second kappa shape index (κ2) is 8.13. The zero-order valence-electron chi connectivity index (χ0n) is 17.9. The van der Waals surface area contributed by atoms with Crippen molar-refractivity contribution >= 4 is 23.0 Å². The van der Waals surface area contributed by atoms with E-state index in [-0.39, 0.29) is 17.8 Å². The summed E-state index contributed by atoms with van der Waals surface area (Å²) in [7, 11) is 0. The number of phenols is 1. The van der Waals surface area contributed by atoms with E-state index in [4.69, 9.17) is 12.2 Å². The molecule has 1 saturated heterocycles.